The molecule has 0 unspecified atom stereocenters. The first kappa shape index (κ1) is 13.0. The Morgan fingerprint density at radius 1 is 1.44 bits per heavy atom. The minimum Gasteiger partial charge on any atom is -0.495 e. The van der Waals surface area contributed by atoms with Crippen molar-refractivity contribution < 1.29 is 18.3 Å². The molecule has 16 heavy (non-hydrogen) atoms. The number of sulfonamides is 1. The van der Waals surface area contributed by atoms with E-state index in [1.54, 1.807) is 18.2 Å². The fourth-order valence-corrected chi connectivity index (χ4v) is 2.44. The van der Waals surface area contributed by atoms with E-state index < -0.39 is 16.1 Å². The number of hydrogen-bond acceptors (Lipinski definition) is 4. The van der Waals surface area contributed by atoms with E-state index in [-0.39, 0.29) is 17.2 Å². The molecule has 0 aromatic heterocycles. The summed E-state index contributed by atoms with van der Waals surface area (Å²) < 4.78 is 30.9. The van der Waals surface area contributed by atoms with E-state index in [0.29, 0.717) is 0 Å². The Kier molecular flexibility index (Phi) is 4.28. The van der Waals surface area contributed by atoms with Gasteiger partial charge in [-0.25, -0.2) is 13.1 Å². The molecule has 0 fully saturated rings. The minimum atomic E-state index is -3.63. The number of aliphatic hydroxyl groups excluding tert-OH is 1. The number of hydrogen-bond donors (Lipinski definition) is 2. The number of benzene rings is 1. The van der Waals surface area contributed by atoms with Crippen LogP contribution in [0.4, 0.5) is 0 Å². The highest BCUT2D eigenvalue weighted by molar-refractivity contribution is 7.89. The van der Waals surface area contributed by atoms with Gasteiger partial charge in [0.2, 0.25) is 10.0 Å². The molecule has 0 aliphatic carbocycles. The zero-order chi connectivity index (χ0) is 12.2. The number of aliphatic hydroxyl groups is 1. The maximum atomic E-state index is 11.8. The molecule has 0 aliphatic rings. The third-order valence-corrected chi connectivity index (χ3v) is 3.39. The summed E-state index contributed by atoms with van der Waals surface area (Å²) in [5.41, 5.74) is 0. The molecule has 0 amide bonds. The molecule has 90 valence electrons. The molecule has 1 rings (SSSR count). The highest BCUT2D eigenvalue weighted by atomic mass is 32.2. The second-order valence-corrected chi connectivity index (χ2v) is 5.09. The molecule has 1 aromatic rings. The summed E-state index contributed by atoms with van der Waals surface area (Å²) in [6.07, 6.45) is -0.732. The predicted molar refractivity (Wildman–Crippen MR) is 59.9 cm³/mol. The van der Waals surface area contributed by atoms with Gasteiger partial charge in [0.15, 0.2) is 0 Å². The Hall–Kier alpha value is -1.11. The lowest BCUT2D eigenvalue weighted by molar-refractivity contribution is 0.198. The second-order valence-electron chi connectivity index (χ2n) is 3.35. The molecule has 0 bridgehead atoms. The van der Waals surface area contributed by atoms with Crippen LogP contribution in [-0.2, 0) is 10.0 Å². The van der Waals surface area contributed by atoms with Crippen molar-refractivity contribution in [3.05, 3.63) is 24.3 Å². The van der Waals surface area contributed by atoms with E-state index in [4.69, 9.17) is 9.84 Å². The van der Waals surface area contributed by atoms with Crippen LogP contribution in [0.3, 0.4) is 0 Å². The Morgan fingerprint density at radius 2 is 2.06 bits per heavy atom. The van der Waals surface area contributed by atoms with Crippen LogP contribution in [0.15, 0.2) is 29.2 Å². The lowest BCUT2D eigenvalue weighted by Gasteiger charge is -2.11. The van der Waals surface area contributed by atoms with E-state index in [1.165, 1.54) is 20.1 Å². The molecule has 1 aromatic carbocycles. The smallest absolute Gasteiger partial charge is 0.244 e. The molecule has 5 nitrogen and oxygen atoms in total. The van der Waals surface area contributed by atoms with Crippen LogP contribution in [0.2, 0.25) is 0 Å². The summed E-state index contributed by atoms with van der Waals surface area (Å²) in [4.78, 5) is 0.0677. The number of methoxy groups -OCH3 is 1. The van der Waals surface area contributed by atoms with Crippen LogP contribution < -0.4 is 9.46 Å². The number of para-hydroxylation sites is 1. The molecule has 0 spiro atoms. The monoisotopic (exact) mass is 245 g/mol. The van der Waals surface area contributed by atoms with Crippen molar-refractivity contribution in [2.24, 2.45) is 0 Å². The van der Waals surface area contributed by atoms with Crippen molar-refractivity contribution in [1.29, 1.82) is 0 Å². The lowest BCUT2D eigenvalue weighted by atomic mass is 10.3. The molecule has 0 heterocycles. The Morgan fingerprint density at radius 3 is 2.62 bits per heavy atom. The van der Waals surface area contributed by atoms with Gasteiger partial charge in [-0.15, -0.1) is 0 Å². The van der Waals surface area contributed by atoms with Crippen molar-refractivity contribution in [1.82, 2.24) is 4.72 Å². The zero-order valence-electron chi connectivity index (χ0n) is 9.17. The van der Waals surface area contributed by atoms with Crippen LogP contribution in [-0.4, -0.2) is 33.3 Å². The summed E-state index contributed by atoms with van der Waals surface area (Å²) in [6, 6.07) is 6.31. The van der Waals surface area contributed by atoms with Gasteiger partial charge in [-0.2, -0.15) is 0 Å². The van der Waals surface area contributed by atoms with Gasteiger partial charge < -0.3 is 9.84 Å². The van der Waals surface area contributed by atoms with Gasteiger partial charge in [0, 0.05) is 6.54 Å². The Labute approximate surface area is 95.1 Å². The SMILES string of the molecule is COc1ccccc1S(=O)(=O)NC[C@H](C)O. The topological polar surface area (TPSA) is 75.6 Å². The van der Waals surface area contributed by atoms with Crippen LogP contribution in [0.25, 0.3) is 0 Å². The third-order valence-electron chi connectivity index (χ3n) is 1.93. The molecule has 0 aliphatic heterocycles. The average molecular weight is 245 g/mol. The molecule has 0 radical (unpaired) electrons. The highest BCUT2D eigenvalue weighted by Crippen LogP contribution is 2.22. The van der Waals surface area contributed by atoms with Gasteiger partial charge in [0.25, 0.3) is 0 Å². The summed E-state index contributed by atoms with van der Waals surface area (Å²) in [5.74, 6) is 0.278. The summed E-state index contributed by atoms with van der Waals surface area (Å²) in [6.45, 7) is 1.48. The van der Waals surface area contributed by atoms with E-state index in [0.717, 1.165) is 0 Å². The molecule has 2 N–H and O–H groups in total. The Balaban J connectivity index is 2.98. The van der Waals surface area contributed by atoms with E-state index >= 15 is 0 Å². The molecule has 1 atom stereocenters. The summed E-state index contributed by atoms with van der Waals surface area (Å²) in [5, 5.41) is 9.03. The zero-order valence-corrected chi connectivity index (χ0v) is 9.99. The minimum absolute atomic E-state index is 0.0274. The van der Waals surface area contributed by atoms with Gasteiger partial charge in [0.1, 0.15) is 10.6 Å². The first-order valence-electron chi connectivity index (χ1n) is 4.78. The van der Waals surface area contributed by atoms with Gasteiger partial charge in [-0.3, -0.25) is 0 Å². The summed E-state index contributed by atoms with van der Waals surface area (Å²) in [7, 11) is -2.23. The van der Waals surface area contributed by atoms with Crippen molar-refractivity contribution in [3.63, 3.8) is 0 Å². The average Bonchev–Trinajstić information content (AvgIpc) is 2.26. The predicted octanol–water partition coefficient (Wildman–Crippen LogP) is 0.354. The largest absolute Gasteiger partial charge is 0.495 e. The first-order valence-corrected chi connectivity index (χ1v) is 6.26. The van der Waals surface area contributed by atoms with E-state index in [2.05, 4.69) is 4.72 Å². The molecule has 0 saturated heterocycles. The molecule has 6 heteroatoms. The van der Waals surface area contributed by atoms with Gasteiger partial charge in [-0.1, -0.05) is 12.1 Å². The van der Waals surface area contributed by atoms with Crippen LogP contribution in [0.5, 0.6) is 5.75 Å². The molecular weight excluding hydrogens is 230 g/mol. The number of ether oxygens (including phenoxy) is 1. The second kappa shape index (κ2) is 5.29. The normalized spacial score (nSPS) is 13.4. The third kappa shape index (κ3) is 3.19. The fourth-order valence-electron chi connectivity index (χ4n) is 1.15. The maximum Gasteiger partial charge on any atom is 0.244 e. The van der Waals surface area contributed by atoms with E-state index in [9.17, 15) is 8.42 Å². The standard InChI is InChI=1S/C10H15NO4S/c1-8(12)7-11-16(13,14)10-6-4-3-5-9(10)15-2/h3-6,8,11-12H,7H2,1-2H3/t8-/m0/s1. The number of rotatable bonds is 5. The molecule has 0 saturated carbocycles. The van der Waals surface area contributed by atoms with Gasteiger partial charge in [0.05, 0.1) is 13.2 Å². The number of nitrogens with one attached hydrogen (secondary N) is 1. The van der Waals surface area contributed by atoms with Crippen molar-refractivity contribution in [3.8, 4) is 5.75 Å². The molecular formula is C10H15NO4S. The van der Waals surface area contributed by atoms with Gasteiger partial charge in [-0.05, 0) is 19.1 Å². The summed E-state index contributed by atoms with van der Waals surface area (Å²) >= 11 is 0. The van der Waals surface area contributed by atoms with Crippen molar-refractivity contribution in [2.75, 3.05) is 13.7 Å². The fraction of sp³-hybridized carbons (Fsp3) is 0.400. The maximum absolute atomic E-state index is 11.8. The van der Waals surface area contributed by atoms with Crippen molar-refractivity contribution in [2.45, 2.75) is 17.9 Å². The van der Waals surface area contributed by atoms with Gasteiger partial charge >= 0.3 is 0 Å². The quantitative estimate of drug-likeness (QED) is 0.785. The van der Waals surface area contributed by atoms with E-state index in [1.807, 2.05) is 0 Å². The van der Waals surface area contributed by atoms with Crippen LogP contribution in [0, 0.1) is 0 Å². The Bertz CT molecular complexity index is 442. The lowest BCUT2D eigenvalue weighted by Crippen LogP contribution is -2.30. The van der Waals surface area contributed by atoms with Crippen LogP contribution in [0.1, 0.15) is 6.92 Å². The highest BCUT2D eigenvalue weighted by Gasteiger charge is 2.18. The first-order chi connectivity index (χ1) is 7.47. The van der Waals surface area contributed by atoms with Crippen LogP contribution >= 0.6 is 0 Å². The van der Waals surface area contributed by atoms with Crippen molar-refractivity contribution >= 4 is 10.0 Å².